The normalized spacial score (nSPS) is 11.0. The second-order valence-electron chi connectivity index (χ2n) is 3.22. The number of aromatic nitrogens is 3. The molecular formula is C9H11N3O2. The summed E-state index contributed by atoms with van der Waals surface area (Å²) in [7, 11) is 0. The Morgan fingerprint density at radius 3 is 2.71 bits per heavy atom. The van der Waals surface area contributed by atoms with Crippen molar-refractivity contribution in [2.75, 3.05) is 0 Å². The first-order chi connectivity index (χ1) is 6.63. The lowest BCUT2D eigenvalue weighted by Crippen LogP contribution is -2.29. The minimum Gasteiger partial charge on any atom is -0.353 e. The monoisotopic (exact) mass is 193 g/mol. The molecule has 74 valence electrons. The van der Waals surface area contributed by atoms with Gasteiger partial charge in [-0.15, -0.1) is 0 Å². The minimum atomic E-state index is -0.359. The van der Waals surface area contributed by atoms with Gasteiger partial charge in [-0.25, -0.2) is 4.79 Å². The molecule has 0 bridgehead atoms. The number of aromatic amines is 2. The Balaban J connectivity index is 3.05. The van der Waals surface area contributed by atoms with Gasteiger partial charge in [-0.05, 0) is 19.9 Å². The van der Waals surface area contributed by atoms with Crippen molar-refractivity contribution in [3.8, 4) is 0 Å². The van der Waals surface area contributed by atoms with Crippen molar-refractivity contribution in [3.63, 3.8) is 0 Å². The Morgan fingerprint density at radius 1 is 1.36 bits per heavy atom. The largest absolute Gasteiger partial charge is 0.353 e. The molecule has 0 unspecified atom stereocenters. The van der Waals surface area contributed by atoms with E-state index >= 15 is 0 Å². The number of aryl methyl sites for hydroxylation is 2. The maximum absolute atomic E-state index is 11.4. The van der Waals surface area contributed by atoms with Gasteiger partial charge in [0.1, 0.15) is 5.52 Å². The fraction of sp³-hybridized carbons (Fsp3) is 0.333. The number of rotatable bonds is 1. The lowest BCUT2D eigenvalue weighted by atomic mass is 10.4. The number of H-pyrrole nitrogens is 2. The van der Waals surface area contributed by atoms with E-state index in [1.54, 1.807) is 6.07 Å². The molecule has 0 amide bonds. The van der Waals surface area contributed by atoms with E-state index in [1.165, 1.54) is 4.57 Å². The number of hydrogen-bond donors (Lipinski definition) is 2. The Morgan fingerprint density at radius 2 is 2.07 bits per heavy atom. The van der Waals surface area contributed by atoms with Gasteiger partial charge in [-0.2, -0.15) is 0 Å². The first-order valence-corrected chi connectivity index (χ1v) is 4.46. The molecule has 2 aromatic rings. The van der Waals surface area contributed by atoms with Gasteiger partial charge in [0.2, 0.25) is 0 Å². The molecule has 2 aromatic heterocycles. The minimum absolute atomic E-state index is 0.357. The third-order valence-electron chi connectivity index (χ3n) is 2.23. The molecule has 0 saturated heterocycles. The molecule has 0 fully saturated rings. The number of hydrogen-bond acceptors (Lipinski definition) is 2. The van der Waals surface area contributed by atoms with Crippen LogP contribution < -0.4 is 11.2 Å². The molecule has 0 aliphatic heterocycles. The highest BCUT2D eigenvalue weighted by atomic mass is 16.2. The van der Waals surface area contributed by atoms with Gasteiger partial charge < -0.3 is 4.98 Å². The van der Waals surface area contributed by atoms with Gasteiger partial charge in [0, 0.05) is 12.2 Å². The van der Waals surface area contributed by atoms with E-state index in [2.05, 4.69) is 9.97 Å². The summed E-state index contributed by atoms with van der Waals surface area (Å²) in [5.74, 6) is 0. The molecule has 0 radical (unpaired) electrons. The van der Waals surface area contributed by atoms with Crippen LogP contribution in [0.3, 0.4) is 0 Å². The second-order valence-corrected chi connectivity index (χ2v) is 3.22. The Labute approximate surface area is 79.4 Å². The van der Waals surface area contributed by atoms with Gasteiger partial charge in [-0.1, -0.05) is 0 Å². The average Bonchev–Trinajstić information content (AvgIpc) is 2.48. The van der Waals surface area contributed by atoms with Crippen LogP contribution in [0.5, 0.6) is 0 Å². The van der Waals surface area contributed by atoms with E-state index in [0.29, 0.717) is 17.6 Å². The predicted octanol–water partition coefficient (Wildman–Crippen LogP) is 0.346. The molecule has 5 heteroatoms. The van der Waals surface area contributed by atoms with Crippen molar-refractivity contribution in [1.29, 1.82) is 0 Å². The number of nitrogens with one attached hydrogen (secondary N) is 2. The molecule has 5 nitrogen and oxygen atoms in total. The summed E-state index contributed by atoms with van der Waals surface area (Å²) >= 11 is 0. The van der Waals surface area contributed by atoms with E-state index < -0.39 is 0 Å². The molecule has 2 rings (SSSR count). The van der Waals surface area contributed by atoms with Crippen molar-refractivity contribution in [2.24, 2.45) is 0 Å². The number of nitrogens with zero attached hydrogens (tertiary/aromatic N) is 1. The molecule has 0 aromatic carbocycles. The summed E-state index contributed by atoms with van der Waals surface area (Å²) in [6, 6.07) is 1.80. The van der Waals surface area contributed by atoms with Crippen molar-refractivity contribution < 1.29 is 0 Å². The van der Waals surface area contributed by atoms with E-state index in [9.17, 15) is 9.59 Å². The predicted molar refractivity (Wildman–Crippen MR) is 53.6 cm³/mol. The standard InChI is InChI=1S/C9H11N3O2/c1-3-12-6-4-5(2)10-7(6)8(13)11-9(12)14/h4,10H,3H2,1-2H3,(H,11,13,14). The van der Waals surface area contributed by atoms with Crippen LogP contribution in [0, 0.1) is 6.92 Å². The molecule has 0 aliphatic carbocycles. The topological polar surface area (TPSA) is 70.7 Å². The van der Waals surface area contributed by atoms with Crippen molar-refractivity contribution in [2.45, 2.75) is 20.4 Å². The average molecular weight is 193 g/mol. The fourth-order valence-electron chi connectivity index (χ4n) is 1.61. The first kappa shape index (κ1) is 8.80. The zero-order valence-electron chi connectivity index (χ0n) is 8.05. The molecule has 0 saturated carbocycles. The van der Waals surface area contributed by atoms with Crippen LogP contribution in [0.4, 0.5) is 0 Å². The molecule has 2 N–H and O–H groups in total. The van der Waals surface area contributed by atoms with Crippen LogP contribution in [0.15, 0.2) is 15.7 Å². The third kappa shape index (κ3) is 1.09. The molecule has 0 aliphatic rings. The quantitative estimate of drug-likeness (QED) is 0.685. The van der Waals surface area contributed by atoms with Gasteiger partial charge in [0.25, 0.3) is 5.56 Å². The van der Waals surface area contributed by atoms with Crippen molar-refractivity contribution in [3.05, 3.63) is 32.6 Å². The molecule has 2 heterocycles. The van der Waals surface area contributed by atoms with Gasteiger partial charge >= 0.3 is 5.69 Å². The highest BCUT2D eigenvalue weighted by Gasteiger charge is 2.07. The Hall–Kier alpha value is -1.78. The van der Waals surface area contributed by atoms with Crippen molar-refractivity contribution >= 4 is 11.0 Å². The van der Waals surface area contributed by atoms with Gasteiger partial charge in [-0.3, -0.25) is 14.3 Å². The third-order valence-corrected chi connectivity index (χ3v) is 2.23. The Kier molecular flexibility index (Phi) is 1.80. The van der Waals surface area contributed by atoms with Crippen LogP contribution in [-0.4, -0.2) is 14.5 Å². The van der Waals surface area contributed by atoms with Gasteiger partial charge in [0.05, 0.1) is 5.52 Å². The fourth-order valence-corrected chi connectivity index (χ4v) is 1.61. The highest BCUT2D eigenvalue weighted by Crippen LogP contribution is 2.08. The summed E-state index contributed by atoms with van der Waals surface area (Å²) in [6.07, 6.45) is 0. The SMILES string of the molecule is CCn1c(=O)[nH]c(=O)c2[nH]c(C)cc21. The highest BCUT2D eigenvalue weighted by molar-refractivity contribution is 5.75. The molecule has 0 spiro atoms. The van der Waals surface area contributed by atoms with E-state index in [1.807, 2.05) is 13.8 Å². The molecule has 0 atom stereocenters. The van der Waals surface area contributed by atoms with Crippen LogP contribution in [0.25, 0.3) is 11.0 Å². The summed E-state index contributed by atoms with van der Waals surface area (Å²) in [6.45, 7) is 4.26. The van der Waals surface area contributed by atoms with Gasteiger partial charge in [0.15, 0.2) is 0 Å². The second kappa shape index (κ2) is 2.87. The van der Waals surface area contributed by atoms with Crippen LogP contribution in [0.1, 0.15) is 12.6 Å². The summed E-state index contributed by atoms with van der Waals surface area (Å²) < 4.78 is 1.53. The smallest absolute Gasteiger partial charge is 0.328 e. The van der Waals surface area contributed by atoms with Crippen molar-refractivity contribution in [1.82, 2.24) is 14.5 Å². The zero-order valence-corrected chi connectivity index (χ0v) is 8.05. The lowest BCUT2D eigenvalue weighted by molar-refractivity contribution is 0.727. The van der Waals surface area contributed by atoms with Crippen LogP contribution in [0.2, 0.25) is 0 Å². The summed E-state index contributed by atoms with van der Waals surface area (Å²) in [5.41, 5.74) is 1.29. The van der Waals surface area contributed by atoms with E-state index in [0.717, 1.165) is 5.69 Å². The summed E-state index contributed by atoms with van der Waals surface area (Å²) in [4.78, 5) is 28.0. The van der Waals surface area contributed by atoms with E-state index in [4.69, 9.17) is 0 Å². The molecule has 14 heavy (non-hydrogen) atoms. The van der Waals surface area contributed by atoms with Crippen LogP contribution in [-0.2, 0) is 6.54 Å². The zero-order chi connectivity index (χ0) is 10.3. The lowest BCUT2D eigenvalue weighted by Gasteiger charge is -2.01. The molecular weight excluding hydrogens is 182 g/mol. The Bertz CT molecular complexity index is 588. The number of fused-ring (bicyclic) bond motifs is 1. The summed E-state index contributed by atoms with van der Waals surface area (Å²) in [5, 5.41) is 0. The first-order valence-electron chi connectivity index (χ1n) is 4.46. The van der Waals surface area contributed by atoms with E-state index in [-0.39, 0.29) is 11.2 Å². The maximum atomic E-state index is 11.4. The van der Waals surface area contributed by atoms with Crippen LogP contribution >= 0.6 is 0 Å². The maximum Gasteiger partial charge on any atom is 0.328 e.